The summed E-state index contributed by atoms with van der Waals surface area (Å²) in [7, 11) is 0. The van der Waals surface area contributed by atoms with Crippen LogP contribution in [-0.2, 0) is 0 Å². The minimum Gasteiger partial charge on any atom is -0.399 e. The van der Waals surface area contributed by atoms with Crippen molar-refractivity contribution in [3.05, 3.63) is 30.0 Å². The Hall–Kier alpha value is -1.97. The van der Waals surface area contributed by atoms with Crippen LogP contribution in [0.4, 0.5) is 5.69 Å². The van der Waals surface area contributed by atoms with Gasteiger partial charge in [-0.05, 0) is 49.4 Å². The van der Waals surface area contributed by atoms with Gasteiger partial charge in [-0.1, -0.05) is 19.8 Å². The number of hydrogen-bond donors (Lipinski definition) is 3. The van der Waals surface area contributed by atoms with Crippen LogP contribution in [0, 0.1) is 5.92 Å². The Morgan fingerprint density at radius 3 is 2.95 bits per heavy atom. The monoisotopic (exact) mass is 285 g/mol. The van der Waals surface area contributed by atoms with Crippen LogP contribution in [0.2, 0.25) is 0 Å². The first-order valence-corrected chi connectivity index (χ1v) is 7.81. The number of aromatic nitrogens is 1. The first kappa shape index (κ1) is 14.0. The van der Waals surface area contributed by atoms with Gasteiger partial charge in [0.2, 0.25) is 0 Å². The Morgan fingerprint density at radius 1 is 1.24 bits per heavy atom. The maximum Gasteiger partial charge on any atom is 0.267 e. The van der Waals surface area contributed by atoms with Crippen LogP contribution < -0.4 is 11.1 Å². The molecule has 1 aromatic carbocycles. The van der Waals surface area contributed by atoms with Crippen molar-refractivity contribution >= 4 is 22.5 Å². The van der Waals surface area contributed by atoms with Crippen molar-refractivity contribution in [3.63, 3.8) is 0 Å². The number of hydrogen-bond acceptors (Lipinski definition) is 2. The fourth-order valence-electron chi connectivity index (χ4n) is 3.17. The summed E-state index contributed by atoms with van der Waals surface area (Å²) < 4.78 is 0. The zero-order valence-electron chi connectivity index (χ0n) is 12.5. The average molecular weight is 285 g/mol. The Kier molecular flexibility index (Phi) is 3.86. The number of aromatic amines is 1. The second-order valence-corrected chi connectivity index (χ2v) is 6.31. The lowest BCUT2D eigenvalue weighted by Gasteiger charge is -2.15. The number of rotatable bonds is 2. The maximum atomic E-state index is 12.4. The fourth-order valence-corrected chi connectivity index (χ4v) is 3.17. The number of fused-ring (bicyclic) bond motifs is 1. The number of amides is 1. The Bertz CT molecular complexity index is 647. The summed E-state index contributed by atoms with van der Waals surface area (Å²) in [5, 5.41) is 4.15. The highest BCUT2D eigenvalue weighted by molar-refractivity contribution is 5.98. The third-order valence-corrected chi connectivity index (χ3v) is 4.48. The van der Waals surface area contributed by atoms with Gasteiger partial charge < -0.3 is 16.0 Å². The number of benzene rings is 1. The van der Waals surface area contributed by atoms with Gasteiger partial charge in [0.25, 0.3) is 5.91 Å². The highest BCUT2D eigenvalue weighted by atomic mass is 16.1. The van der Waals surface area contributed by atoms with Gasteiger partial charge in [-0.3, -0.25) is 4.79 Å². The molecule has 1 aliphatic carbocycles. The number of H-pyrrole nitrogens is 1. The van der Waals surface area contributed by atoms with Crippen molar-refractivity contribution in [2.45, 2.75) is 45.1 Å². The van der Waals surface area contributed by atoms with Gasteiger partial charge in [-0.2, -0.15) is 0 Å². The molecule has 2 aromatic rings. The maximum absolute atomic E-state index is 12.4. The quantitative estimate of drug-likeness (QED) is 0.584. The van der Waals surface area contributed by atoms with Crippen LogP contribution in [0.15, 0.2) is 24.3 Å². The summed E-state index contributed by atoms with van der Waals surface area (Å²) in [6.07, 6.45) is 5.85. The van der Waals surface area contributed by atoms with Gasteiger partial charge >= 0.3 is 0 Å². The van der Waals surface area contributed by atoms with Crippen LogP contribution in [0.25, 0.3) is 10.9 Å². The molecule has 4 nitrogen and oxygen atoms in total. The summed E-state index contributed by atoms with van der Waals surface area (Å²) in [5.74, 6) is 0.771. The van der Waals surface area contributed by atoms with Crippen molar-refractivity contribution in [2.24, 2.45) is 5.92 Å². The molecular weight excluding hydrogens is 262 g/mol. The zero-order chi connectivity index (χ0) is 14.8. The molecule has 1 amide bonds. The number of carbonyl (C=O) groups is 1. The molecule has 0 bridgehead atoms. The largest absolute Gasteiger partial charge is 0.399 e. The van der Waals surface area contributed by atoms with Crippen LogP contribution >= 0.6 is 0 Å². The smallest absolute Gasteiger partial charge is 0.267 e. The van der Waals surface area contributed by atoms with Crippen molar-refractivity contribution in [1.82, 2.24) is 10.3 Å². The van der Waals surface area contributed by atoms with Crippen molar-refractivity contribution < 1.29 is 4.79 Å². The molecule has 2 atom stereocenters. The summed E-state index contributed by atoms with van der Waals surface area (Å²) in [5.41, 5.74) is 8.06. The topological polar surface area (TPSA) is 70.9 Å². The SMILES string of the molecule is CC1CCCC(NC(=O)c2cc3cc(N)ccc3[nH]2)CC1. The lowest BCUT2D eigenvalue weighted by Crippen LogP contribution is -2.34. The van der Waals surface area contributed by atoms with Gasteiger partial charge in [-0.15, -0.1) is 0 Å². The molecule has 0 saturated heterocycles. The number of nitrogens with two attached hydrogens (primary N) is 1. The number of nitrogens with one attached hydrogen (secondary N) is 2. The van der Waals surface area contributed by atoms with E-state index in [1.807, 2.05) is 24.3 Å². The van der Waals surface area contributed by atoms with Crippen LogP contribution in [-0.4, -0.2) is 16.9 Å². The molecule has 3 rings (SSSR count). The molecular formula is C17H23N3O. The van der Waals surface area contributed by atoms with E-state index in [0.717, 1.165) is 29.7 Å². The summed E-state index contributed by atoms with van der Waals surface area (Å²) in [6, 6.07) is 7.82. The van der Waals surface area contributed by atoms with E-state index >= 15 is 0 Å². The Balaban J connectivity index is 1.71. The van der Waals surface area contributed by atoms with Gasteiger partial charge in [0, 0.05) is 22.6 Å². The number of anilines is 1. The molecule has 0 radical (unpaired) electrons. The third-order valence-electron chi connectivity index (χ3n) is 4.48. The number of nitrogen functional groups attached to an aromatic ring is 1. The normalized spacial score (nSPS) is 22.9. The summed E-state index contributed by atoms with van der Waals surface area (Å²) >= 11 is 0. The van der Waals surface area contributed by atoms with Crippen LogP contribution in [0.3, 0.4) is 0 Å². The first-order chi connectivity index (χ1) is 10.1. The van der Waals surface area contributed by atoms with E-state index in [1.165, 1.54) is 19.3 Å². The highest BCUT2D eigenvalue weighted by Gasteiger charge is 2.19. The van der Waals surface area contributed by atoms with Crippen LogP contribution in [0.1, 0.15) is 49.5 Å². The molecule has 1 fully saturated rings. The van der Waals surface area contributed by atoms with E-state index < -0.39 is 0 Å². The minimum atomic E-state index is -0.00988. The molecule has 0 spiro atoms. The number of carbonyl (C=O) groups excluding carboxylic acids is 1. The predicted molar refractivity (Wildman–Crippen MR) is 86.2 cm³/mol. The lowest BCUT2D eigenvalue weighted by molar-refractivity contribution is 0.0929. The molecule has 1 heterocycles. The van der Waals surface area contributed by atoms with Crippen molar-refractivity contribution in [1.29, 1.82) is 0 Å². The van der Waals surface area contributed by atoms with Crippen LogP contribution in [0.5, 0.6) is 0 Å². The Labute approximate surface area is 125 Å². The van der Waals surface area contributed by atoms with Gasteiger partial charge in [0.15, 0.2) is 0 Å². The lowest BCUT2D eigenvalue weighted by atomic mass is 10.0. The van der Waals surface area contributed by atoms with Crippen molar-refractivity contribution in [3.8, 4) is 0 Å². The second kappa shape index (κ2) is 5.80. The minimum absolute atomic E-state index is 0.00988. The second-order valence-electron chi connectivity index (χ2n) is 6.31. The standard InChI is InChI=1S/C17H23N3O/c1-11-3-2-4-14(7-5-11)19-17(21)16-10-12-9-13(18)6-8-15(12)20-16/h6,8-11,14,20H,2-5,7,18H2,1H3,(H,19,21). The summed E-state index contributed by atoms with van der Waals surface area (Å²) in [4.78, 5) is 15.6. The zero-order valence-corrected chi connectivity index (χ0v) is 12.5. The molecule has 21 heavy (non-hydrogen) atoms. The average Bonchev–Trinajstić information content (AvgIpc) is 2.77. The molecule has 112 valence electrons. The van der Waals surface area contributed by atoms with E-state index in [2.05, 4.69) is 17.2 Å². The first-order valence-electron chi connectivity index (χ1n) is 7.81. The van der Waals surface area contributed by atoms with Gasteiger partial charge in [0.05, 0.1) is 0 Å². The van der Waals surface area contributed by atoms with E-state index in [-0.39, 0.29) is 5.91 Å². The highest BCUT2D eigenvalue weighted by Crippen LogP contribution is 2.23. The molecule has 4 heteroatoms. The van der Waals surface area contributed by atoms with Gasteiger partial charge in [-0.25, -0.2) is 0 Å². The molecule has 2 unspecified atom stereocenters. The summed E-state index contributed by atoms with van der Waals surface area (Å²) in [6.45, 7) is 2.30. The van der Waals surface area contributed by atoms with E-state index in [4.69, 9.17) is 5.73 Å². The molecule has 0 aliphatic heterocycles. The van der Waals surface area contributed by atoms with Gasteiger partial charge in [0.1, 0.15) is 5.69 Å². The molecule has 1 saturated carbocycles. The molecule has 4 N–H and O–H groups in total. The van der Waals surface area contributed by atoms with Crippen molar-refractivity contribution in [2.75, 3.05) is 5.73 Å². The molecule has 1 aliphatic rings. The third kappa shape index (κ3) is 3.20. The molecule has 1 aromatic heterocycles. The van der Waals surface area contributed by atoms with E-state index in [9.17, 15) is 4.79 Å². The predicted octanol–water partition coefficient (Wildman–Crippen LogP) is 3.45. The Morgan fingerprint density at radius 2 is 2.10 bits per heavy atom. The van der Waals surface area contributed by atoms with E-state index in [0.29, 0.717) is 17.4 Å². The van der Waals surface area contributed by atoms with E-state index in [1.54, 1.807) is 0 Å². The fraction of sp³-hybridized carbons (Fsp3) is 0.471.